The molecule has 19 heavy (non-hydrogen) atoms. The van der Waals surface area contributed by atoms with E-state index in [1.54, 1.807) is 0 Å². The summed E-state index contributed by atoms with van der Waals surface area (Å²) in [6, 6.07) is 2.48. The molecule has 2 nitrogen and oxygen atoms in total. The lowest BCUT2D eigenvalue weighted by molar-refractivity contribution is -0.140. The van der Waals surface area contributed by atoms with Crippen molar-refractivity contribution in [3.05, 3.63) is 35.1 Å². The van der Waals surface area contributed by atoms with Gasteiger partial charge < -0.3 is 10.4 Å². The minimum absolute atomic E-state index is 0.113. The maximum Gasteiger partial charge on any atom is 0.419 e. The first-order chi connectivity index (χ1) is 8.68. The molecule has 6 heteroatoms. The zero-order valence-corrected chi connectivity index (χ0v) is 10.8. The van der Waals surface area contributed by atoms with E-state index in [4.69, 9.17) is 0 Å². The second kappa shape index (κ2) is 5.88. The summed E-state index contributed by atoms with van der Waals surface area (Å²) in [6.45, 7) is 4.18. The maximum atomic E-state index is 13.4. The molecule has 1 atom stereocenters. The molecule has 108 valence electrons. The number of benzene rings is 1. The number of alkyl halides is 3. The summed E-state index contributed by atoms with van der Waals surface area (Å²) in [7, 11) is 0. The quantitative estimate of drug-likeness (QED) is 0.641. The number of rotatable bonds is 5. The molecule has 0 aliphatic rings. The van der Waals surface area contributed by atoms with Gasteiger partial charge in [-0.15, -0.1) is 0 Å². The van der Waals surface area contributed by atoms with Crippen molar-refractivity contribution in [3.63, 3.8) is 0 Å². The highest BCUT2D eigenvalue weighted by Gasteiger charge is 2.35. The van der Waals surface area contributed by atoms with Crippen LogP contribution in [-0.2, 0) is 11.8 Å². The second-order valence-electron chi connectivity index (χ2n) is 4.64. The topological polar surface area (TPSA) is 32.3 Å². The molecule has 2 N–H and O–H groups in total. The van der Waals surface area contributed by atoms with Gasteiger partial charge in [0.25, 0.3) is 0 Å². The van der Waals surface area contributed by atoms with Crippen molar-refractivity contribution in [2.24, 2.45) is 0 Å². The minimum Gasteiger partial charge on any atom is -0.384 e. The summed E-state index contributed by atoms with van der Waals surface area (Å²) in [5.41, 5.74) is -2.63. The van der Waals surface area contributed by atoms with Gasteiger partial charge in [0.15, 0.2) is 0 Å². The number of hydrogen-bond donors (Lipinski definition) is 2. The van der Waals surface area contributed by atoms with Gasteiger partial charge in [-0.3, -0.25) is 0 Å². The molecule has 0 aliphatic heterocycles. The Morgan fingerprint density at radius 1 is 1.26 bits per heavy atom. The third kappa shape index (κ3) is 4.18. The van der Waals surface area contributed by atoms with E-state index in [2.05, 4.69) is 5.32 Å². The third-order valence-corrected chi connectivity index (χ3v) is 2.79. The van der Waals surface area contributed by atoms with Gasteiger partial charge in [0.2, 0.25) is 0 Å². The van der Waals surface area contributed by atoms with Crippen LogP contribution in [0.25, 0.3) is 0 Å². The molecule has 1 aromatic rings. The fourth-order valence-electron chi connectivity index (χ4n) is 1.69. The highest BCUT2D eigenvalue weighted by Crippen LogP contribution is 2.33. The summed E-state index contributed by atoms with van der Waals surface area (Å²) < 4.78 is 50.6. The summed E-state index contributed by atoms with van der Waals surface area (Å²) >= 11 is 0. The molecule has 1 rings (SSSR count). The van der Waals surface area contributed by atoms with E-state index in [1.165, 1.54) is 6.92 Å². The third-order valence-electron chi connectivity index (χ3n) is 2.79. The first kappa shape index (κ1) is 15.9. The molecule has 0 aromatic heterocycles. The number of aliphatic hydroxyl groups is 1. The number of nitrogens with one attached hydrogen (secondary N) is 1. The fourth-order valence-corrected chi connectivity index (χ4v) is 1.69. The van der Waals surface area contributed by atoms with E-state index >= 15 is 0 Å². The van der Waals surface area contributed by atoms with E-state index in [9.17, 15) is 22.7 Å². The molecule has 0 saturated carbocycles. The Morgan fingerprint density at radius 3 is 2.37 bits per heavy atom. The summed E-state index contributed by atoms with van der Waals surface area (Å²) in [5, 5.41) is 13.1. The molecule has 0 bridgehead atoms. The lowest BCUT2D eigenvalue weighted by Gasteiger charge is -2.25. The standard InChI is InChI=1S/C13H17F4NO/c1-3-6-18-8-12(2,19)9-4-5-10(11(14)7-9)13(15,16)17/h4-5,7,18-19H,3,6,8H2,1-2H3. The molecule has 0 amide bonds. The van der Waals surface area contributed by atoms with Crippen LogP contribution in [0.1, 0.15) is 31.4 Å². The Labute approximate surface area is 109 Å². The van der Waals surface area contributed by atoms with Crippen LogP contribution in [0.4, 0.5) is 17.6 Å². The summed E-state index contributed by atoms with van der Waals surface area (Å²) in [6.07, 6.45) is -3.87. The molecule has 1 unspecified atom stereocenters. The van der Waals surface area contributed by atoms with E-state index in [0.717, 1.165) is 18.6 Å². The zero-order valence-electron chi connectivity index (χ0n) is 10.8. The zero-order chi connectivity index (χ0) is 14.7. The second-order valence-corrected chi connectivity index (χ2v) is 4.64. The van der Waals surface area contributed by atoms with Crippen LogP contribution < -0.4 is 5.32 Å². The Hall–Kier alpha value is -1.14. The molecule has 0 spiro atoms. The van der Waals surface area contributed by atoms with Gasteiger partial charge in [-0.1, -0.05) is 13.0 Å². The van der Waals surface area contributed by atoms with E-state index in [-0.39, 0.29) is 12.1 Å². The van der Waals surface area contributed by atoms with Crippen molar-refractivity contribution in [2.75, 3.05) is 13.1 Å². The van der Waals surface area contributed by atoms with Crippen molar-refractivity contribution >= 4 is 0 Å². The smallest absolute Gasteiger partial charge is 0.384 e. The van der Waals surface area contributed by atoms with Crippen LogP contribution in [0.15, 0.2) is 18.2 Å². The van der Waals surface area contributed by atoms with Gasteiger partial charge in [0.05, 0.1) is 11.2 Å². The monoisotopic (exact) mass is 279 g/mol. The first-order valence-electron chi connectivity index (χ1n) is 5.99. The highest BCUT2D eigenvalue weighted by atomic mass is 19.4. The summed E-state index contributed by atoms with van der Waals surface area (Å²) in [5.74, 6) is -1.37. The normalized spacial score (nSPS) is 15.3. The van der Waals surface area contributed by atoms with Crippen molar-refractivity contribution < 1.29 is 22.7 Å². The molecule has 0 heterocycles. The molecule has 0 aliphatic carbocycles. The molecular weight excluding hydrogens is 262 g/mol. The lowest BCUT2D eigenvalue weighted by atomic mass is 9.94. The van der Waals surface area contributed by atoms with Gasteiger partial charge in [-0.25, -0.2) is 4.39 Å². The Kier molecular flexibility index (Phi) is 4.92. The van der Waals surface area contributed by atoms with Gasteiger partial charge in [0, 0.05) is 6.54 Å². The molecule has 1 aromatic carbocycles. The van der Waals surface area contributed by atoms with Crippen LogP contribution in [-0.4, -0.2) is 18.2 Å². The van der Waals surface area contributed by atoms with E-state index in [0.29, 0.717) is 12.6 Å². The molecule has 0 saturated heterocycles. The van der Waals surface area contributed by atoms with Crippen LogP contribution in [0, 0.1) is 5.82 Å². The van der Waals surface area contributed by atoms with Crippen molar-refractivity contribution in [3.8, 4) is 0 Å². The average molecular weight is 279 g/mol. The Morgan fingerprint density at radius 2 is 1.89 bits per heavy atom. The lowest BCUT2D eigenvalue weighted by Crippen LogP contribution is -2.36. The summed E-state index contributed by atoms with van der Waals surface area (Å²) in [4.78, 5) is 0. The highest BCUT2D eigenvalue weighted by molar-refractivity contribution is 5.30. The fraction of sp³-hybridized carbons (Fsp3) is 0.538. The maximum absolute atomic E-state index is 13.4. The molecular formula is C13H17F4NO. The Bertz CT molecular complexity index is 429. The molecule has 0 fully saturated rings. The average Bonchev–Trinajstić information content (AvgIpc) is 2.27. The van der Waals surface area contributed by atoms with Gasteiger partial charge in [-0.05, 0) is 37.6 Å². The predicted molar refractivity (Wildman–Crippen MR) is 64.1 cm³/mol. The van der Waals surface area contributed by atoms with Gasteiger partial charge >= 0.3 is 6.18 Å². The SMILES string of the molecule is CCCNCC(C)(O)c1ccc(C(F)(F)F)c(F)c1. The van der Waals surface area contributed by atoms with Crippen LogP contribution in [0.5, 0.6) is 0 Å². The first-order valence-corrected chi connectivity index (χ1v) is 5.99. The van der Waals surface area contributed by atoms with Crippen LogP contribution in [0.2, 0.25) is 0 Å². The van der Waals surface area contributed by atoms with Crippen molar-refractivity contribution in [2.45, 2.75) is 32.0 Å². The van der Waals surface area contributed by atoms with E-state index in [1.807, 2.05) is 6.92 Å². The van der Waals surface area contributed by atoms with Gasteiger partial charge in [0.1, 0.15) is 5.82 Å². The van der Waals surface area contributed by atoms with Crippen molar-refractivity contribution in [1.29, 1.82) is 0 Å². The number of hydrogen-bond acceptors (Lipinski definition) is 2. The number of halogens is 4. The Balaban J connectivity index is 2.93. The predicted octanol–water partition coefficient (Wildman–Crippen LogP) is 3.05. The van der Waals surface area contributed by atoms with Crippen molar-refractivity contribution in [1.82, 2.24) is 5.32 Å². The minimum atomic E-state index is -4.73. The van der Waals surface area contributed by atoms with Crippen LogP contribution in [0.3, 0.4) is 0 Å². The van der Waals surface area contributed by atoms with Crippen LogP contribution >= 0.6 is 0 Å². The van der Waals surface area contributed by atoms with E-state index < -0.39 is 23.2 Å². The molecule has 0 radical (unpaired) electrons. The van der Waals surface area contributed by atoms with Gasteiger partial charge in [-0.2, -0.15) is 13.2 Å². The largest absolute Gasteiger partial charge is 0.419 e.